The van der Waals surface area contributed by atoms with Crippen molar-refractivity contribution in [2.24, 2.45) is 0 Å². The fourth-order valence-corrected chi connectivity index (χ4v) is 2.00. The first-order chi connectivity index (χ1) is 9.78. The molecule has 0 saturated heterocycles. The number of hydrogen-bond donors (Lipinski definition) is 1. The highest BCUT2D eigenvalue weighted by molar-refractivity contribution is 5.06. The largest absolute Gasteiger partial charge is 0.360 e. The van der Waals surface area contributed by atoms with Crippen LogP contribution in [-0.2, 0) is 19.6 Å². The molecule has 0 aliphatic rings. The van der Waals surface area contributed by atoms with Gasteiger partial charge in [-0.1, -0.05) is 18.1 Å². The highest BCUT2D eigenvalue weighted by atomic mass is 16.5. The van der Waals surface area contributed by atoms with Gasteiger partial charge in [0.2, 0.25) is 0 Å². The smallest absolute Gasteiger partial charge is 0.151 e. The second kappa shape index (κ2) is 7.77. The zero-order valence-electron chi connectivity index (χ0n) is 12.2. The molecule has 0 fully saturated rings. The average Bonchev–Trinajstić information content (AvgIpc) is 2.87. The van der Waals surface area contributed by atoms with Gasteiger partial charge in [0, 0.05) is 25.4 Å². The van der Waals surface area contributed by atoms with Gasteiger partial charge in [-0.25, -0.2) is 0 Å². The van der Waals surface area contributed by atoms with Crippen molar-refractivity contribution < 1.29 is 4.52 Å². The van der Waals surface area contributed by atoms with Gasteiger partial charge in [0.05, 0.1) is 17.9 Å². The van der Waals surface area contributed by atoms with Crippen molar-refractivity contribution in [3.63, 3.8) is 0 Å². The predicted molar refractivity (Wildman–Crippen MR) is 77.9 cm³/mol. The Hall–Kier alpha value is -1.72. The maximum absolute atomic E-state index is 5.35. The van der Waals surface area contributed by atoms with E-state index < -0.39 is 0 Å². The number of rotatable bonds is 8. The van der Waals surface area contributed by atoms with Crippen LogP contribution >= 0.6 is 0 Å². The Morgan fingerprint density at radius 1 is 1.25 bits per heavy atom. The van der Waals surface area contributed by atoms with E-state index in [1.54, 1.807) is 0 Å². The van der Waals surface area contributed by atoms with Crippen LogP contribution in [0.2, 0.25) is 0 Å². The average molecular weight is 274 g/mol. The highest BCUT2D eigenvalue weighted by Gasteiger charge is 2.08. The predicted octanol–water partition coefficient (Wildman–Crippen LogP) is 2.20. The molecule has 5 heteroatoms. The summed E-state index contributed by atoms with van der Waals surface area (Å²) in [5, 5.41) is 7.38. The Bertz CT molecular complexity index is 498. The molecule has 0 aliphatic carbocycles. The van der Waals surface area contributed by atoms with Crippen LogP contribution in [0.5, 0.6) is 0 Å². The number of hydrogen-bond acceptors (Lipinski definition) is 5. The molecule has 2 aromatic rings. The minimum atomic E-state index is 0.733. The minimum Gasteiger partial charge on any atom is -0.360 e. The van der Waals surface area contributed by atoms with Gasteiger partial charge in [0.15, 0.2) is 5.76 Å². The second-order valence-electron chi connectivity index (χ2n) is 4.95. The fraction of sp³-hybridized carbons (Fsp3) is 0.467. The zero-order chi connectivity index (χ0) is 14.2. The van der Waals surface area contributed by atoms with Gasteiger partial charge >= 0.3 is 0 Å². The SMILES string of the molecule is CCCNCc1cc(CN(C)Cc2ccccn2)on1. The van der Waals surface area contributed by atoms with Crippen LogP contribution in [0.3, 0.4) is 0 Å². The molecule has 1 N–H and O–H groups in total. The van der Waals surface area contributed by atoms with Crippen LogP contribution in [0, 0.1) is 0 Å². The number of nitrogens with one attached hydrogen (secondary N) is 1. The summed E-state index contributed by atoms with van der Waals surface area (Å²) in [7, 11) is 2.05. The normalized spacial score (nSPS) is 11.2. The lowest BCUT2D eigenvalue weighted by molar-refractivity contribution is 0.263. The van der Waals surface area contributed by atoms with Crippen LogP contribution in [0.1, 0.15) is 30.5 Å². The maximum Gasteiger partial charge on any atom is 0.151 e. The van der Waals surface area contributed by atoms with Gasteiger partial charge in [0.1, 0.15) is 0 Å². The third-order valence-electron chi connectivity index (χ3n) is 2.92. The summed E-state index contributed by atoms with van der Waals surface area (Å²) in [5.41, 5.74) is 2.01. The third-order valence-corrected chi connectivity index (χ3v) is 2.92. The van der Waals surface area contributed by atoms with Gasteiger partial charge in [-0.05, 0) is 32.1 Å². The van der Waals surface area contributed by atoms with Crippen LogP contribution < -0.4 is 5.32 Å². The van der Waals surface area contributed by atoms with Gasteiger partial charge in [-0.15, -0.1) is 0 Å². The van der Waals surface area contributed by atoms with Crippen LogP contribution in [0.15, 0.2) is 35.0 Å². The van der Waals surface area contributed by atoms with E-state index in [2.05, 4.69) is 27.3 Å². The van der Waals surface area contributed by atoms with Crippen LogP contribution in [0.4, 0.5) is 0 Å². The maximum atomic E-state index is 5.35. The fourth-order valence-electron chi connectivity index (χ4n) is 2.00. The van der Waals surface area contributed by atoms with Crippen LogP contribution in [0.25, 0.3) is 0 Å². The molecule has 2 aromatic heterocycles. The topological polar surface area (TPSA) is 54.2 Å². The molecule has 0 amide bonds. The molecule has 108 valence electrons. The molecular formula is C15H22N4O. The summed E-state index contributed by atoms with van der Waals surface area (Å²) >= 11 is 0. The molecule has 0 aliphatic heterocycles. The first-order valence-corrected chi connectivity index (χ1v) is 7.01. The van der Waals surface area contributed by atoms with Crippen molar-refractivity contribution in [3.05, 3.63) is 47.6 Å². The van der Waals surface area contributed by atoms with Crippen molar-refractivity contribution in [1.82, 2.24) is 20.4 Å². The highest BCUT2D eigenvalue weighted by Crippen LogP contribution is 2.08. The molecule has 20 heavy (non-hydrogen) atoms. The molecule has 0 bridgehead atoms. The summed E-state index contributed by atoms with van der Waals surface area (Å²) < 4.78 is 5.35. The van der Waals surface area contributed by atoms with Crippen molar-refractivity contribution in [1.29, 1.82) is 0 Å². The lowest BCUT2D eigenvalue weighted by Gasteiger charge is -2.13. The molecule has 0 atom stereocenters. The first-order valence-electron chi connectivity index (χ1n) is 7.01. The molecule has 0 aromatic carbocycles. The van der Waals surface area contributed by atoms with E-state index in [9.17, 15) is 0 Å². The summed E-state index contributed by atoms with van der Waals surface area (Å²) in [6.45, 7) is 5.44. The van der Waals surface area contributed by atoms with Crippen molar-refractivity contribution in [3.8, 4) is 0 Å². The lowest BCUT2D eigenvalue weighted by Crippen LogP contribution is -2.17. The van der Waals surface area contributed by atoms with Crippen molar-refractivity contribution in [2.45, 2.75) is 33.0 Å². The monoisotopic (exact) mass is 274 g/mol. The summed E-state index contributed by atoms with van der Waals surface area (Å²) in [5.74, 6) is 0.886. The quantitative estimate of drug-likeness (QED) is 0.748. The Labute approximate surface area is 120 Å². The Balaban J connectivity index is 1.80. The standard InChI is InChI=1S/C15H22N4O/c1-3-7-16-10-14-9-15(20-18-14)12-19(2)11-13-6-4-5-8-17-13/h4-6,8-9,16H,3,7,10-12H2,1-2H3. The van der Waals surface area contributed by atoms with E-state index in [1.165, 1.54) is 0 Å². The van der Waals surface area contributed by atoms with Gasteiger partial charge in [-0.2, -0.15) is 0 Å². The molecular weight excluding hydrogens is 252 g/mol. The van der Waals surface area contributed by atoms with E-state index in [4.69, 9.17) is 4.52 Å². The van der Waals surface area contributed by atoms with E-state index in [0.29, 0.717) is 0 Å². The van der Waals surface area contributed by atoms with E-state index in [0.717, 1.165) is 49.7 Å². The molecule has 0 saturated carbocycles. The Morgan fingerprint density at radius 3 is 2.90 bits per heavy atom. The van der Waals surface area contributed by atoms with Gasteiger partial charge in [-0.3, -0.25) is 9.88 Å². The molecule has 2 heterocycles. The molecule has 0 spiro atoms. The summed E-state index contributed by atoms with van der Waals surface area (Å²) in [6, 6.07) is 7.96. The molecule has 0 unspecified atom stereocenters. The Kier molecular flexibility index (Phi) is 5.70. The number of nitrogens with zero attached hydrogens (tertiary/aromatic N) is 3. The van der Waals surface area contributed by atoms with E-state index >= 15 is 0 Å². The number of aromatic nitrogens is 2. The van der Waals surface area contributed by atoms with Crippen molar-refractivity contribution in [2.75, 3.05) is 13.6 Å². The zero-order valence-corrected chi connectivity index (χ0v) is 12.2. The summed E-state index contributed by atoms with van der Waals surface area (Å²) in [6.07, 6.45) is 2.94. The van der Waals surface area contributed by atoms with E-state index in [-0.39, 0.29) is 0 Å². The second-order valence-corrected chi connectivity index (χ2v) is 4.95. The number of pyridine rings is 1. The summed E-state index contributed by atoms with van der Waals surface area (Å²) in [4.78, 5) is 6.48. The lowest BCUT2D eigenvalue weighted by atomic mass is 10.3. The van der Waals surface area contributed by atoms with E-state index in [1.807, 2.05) is 37.5 Å². The third kappa shape index (κ3) is 4.75. The Morgan fingerprint density at radius 2 is 2.15 bits per heavy atom. The van der Waals surface area contributed by atoms with Gasteiger partial charge < -0.3 is 9.84 Å². The minimum absolute atomic E-state index is 0.733. The molecule has 5 nitrogen and oxygen atoms in total. The molecule has 2 rings (SSSR count). The molecule has 0 radical (unpaired) electrons. The van der Waals surface area contributed by atoms with Crippen LogP contribution in [-0.4, -0.2) is 28.6 Å². The first kappa shape index (κ1) is 14.7. The van der Waals surface area contributed by atoms with Crippen molar-refractivity contribution >= 4 is 0 Å². The van der Waals surface area contributed by atoms with Gasteiger partial charge in [0.25, 0.3) is 0 Å².